The molecule has 3 N–H and O–H groups in total. The molecule has 18 heavy (non-hydrogen) atoms. The van der Waals surface area contributed by atoms with Crippen molar-refractivity contribution < 1.29 is 14.4 Å². The quantitative estimate of drug-likeness (QED) is 0.769. The number of anilines is 1. The smallest absolute Gasteiger partial charge is 0.254 e. The second kappa shape index (κ2) is 7.50. The van der Waals surface area contributed by atoms with Gasteiger partial charge >= 0.3 is 0 Å². The Balaban J connectivity index is 0.00000162. The molecule has 2 rings (SSSR count). The van der Waals surface area contributed by atoms with Gasteiger partial charge in [0.15, 0.2) is 5.82 Å². The summed E-state index contributed by atoms with van der Waals surface area (Å²) in [6.45, 7) is 1.92. The lowest BCUT2D eigenvalue weighted by atomic mass is 9.92. The molecule has 1 aliphatic heterocycles. The third-order valence-electron chi connectivity index (χ3n) is 3.01. The predicted octanol–water partition coefficient (Wildman–Crippen LogP) is 0.942. The Labute approximate surface area is 116 Å². The number of aromatic nitrogens is 1. The number of nitrogens with zero attached hydrogens (tertiary/aromatic N) is 1. The topological polar surface area (TPSA) is 87.4 Å². The monoisotopic (exact) mass is 319 g/mol. The summed E-state index contributed by atoms with van der Waals surface area (Å²) in [6, 6.07) is 1.54. The Bertz CT molecular complexity index is 352. The van der Waals surface area contributed by atoms with Crippen molar-refractivity contribution in [2.24, 2.45) is 5.92 Å². The maximum atomic E-state index is 11.6. The molecule has 1 aromatic rings. The number of aliphatic hydroxyl groups is 1. The molecule has 1 fully saturated rings. The predicted molar refractivity (Wildman–Crippen MR) is 71.7 cm³/mol. The summed E-state index contributed by atoms with van der Waals surface area (Å²) in [6.07, 6.45) is 2.91. The number of hydrogen-bond donors (Lipinski definition) is 3. The van der Waals surface area contributed by atoms with Gasteiger partial charge in [-0.15, -0.1) is 17.0 Å². The SMILES string of the molecule is Br.O=C(Nc1ccon1)C(O)CC1CCNCC1. The highest BCUT2D eigenvalue weighted by molar-refractivity contribution is 8.93. The second-order valence-corrected chi connectivity index (χ2v) is 4.32. The highest BCUT2D eigenvalue weighted by atomic mass is 79.9. The normalized spacial score (nSPS) is 17.8. The highest BCUT2D eigenvalue weighted by Crippen LogP contribution is 2.18. The zero-order valence-corrected chi connectivity index (χ0v) is 11.7. The molecule has 1 aromatic heterocycles. The third kappa shape index (κ3) is 4.40. The van der Waals surface area contributed by atoms with Gasteiger partial charge in [-0.3, -0.25) is 4.79 Å². The molecule has 7 heteroatoms. The molecule has 2 heterocycles. The van der Waals surface area contributed by atoms with Crippen molar-refractivity contribution in [3.05, 3.63) is 12.3 Å². The number of piperidine rings is 1. The van der Waals surface area contributed by atoms with Gasteiger partial charge in [0.2, 0.25) is 0 Å². The fourth-order valence-corrected chi connectivity index (χ4v) is 2.03. The van der Waals surface area contributed by atoms with Crippen LogP contribution in [-0.4, -0.2) is 35.4 Å². The molecule has 0 bridgehead atoms. The van der Waals surface area contributed by atoms with Crippen LogP contribution in [0.25, 0.3) is 0 Å². The van der Waals surface area contributed by atoms with Crippen LogP contribution < -0.4 is 10.6 Å². The van der Waals surface area contributed by atoms with Crippen molar-refractivity contribution in [1.82, 2.24) is 10.5 Å². The summed E-state index contributed by atoms with van der Waals surface area (Å²) in [5.41, 5.74) is 0. The molecule has 6 nitrogen and oxygen atoms in total. The molecule has 0 aliphatic carbocycles. The minimum absolute atomic E-state index is 0. The minimum Gasteiger partial charge on any atom is -0.383 e. The van der Waals surface area contributed by atoms with E-state index in [0.29, 0.717) is 18.2 Å². The van der Waals surface area contributed by atoms with Gasteiger partial charge in [-0.25, -0.2) is 0 Å². The van der Waals surface area contributed by atoms with Gasteiger partial charge in [0.25, 0.3) is 5.91 Å². The van der Waals surface area contributed by atoms with Gasteiger partial charge in [-0.2, -0.15) is 0 Å². The van der Waals surface area contributed by atoms with Crippen LogP contribution in [0.4, 0.5) is 5.82 Å². The lowest BCUT2D eigenvalue weighted by molar-refractivity contribution is -0.125. The van der Waals surface area contributed by atoms with E-state index in [2.05, 4.69) is 20.3 Å². The molecule has 1 aliphatic rings. The Morgan fingerprint density at radius 2 is 2.33 bits per heavy atom. The number of rotatable bonds is 4. The molecule has 0 saturated carbocycles. The summed E-state index contributed by atoms with van der Waals surface area (Å²) in [4.78, 5) is 11.6. The van der Waals surface area contributed by atoms with Crippen LogP contribution in [0.2, 0.25) is 0 Å². The van der Waals surface area contributed by atoms with Crippen LogP contribution in [0.1, 0.15) is 19.3 Å². The molecular weight excluding hydrogens is 302 g/mol. The average Bonchev–Trinajstić information content (AvgIpc) is 2.83. The molecule has 102 valence electrons. The van der Waals surface area contributed by atoms with Crippen molar-refractivity contribution in [2.45, 2.75) is 25.4 Å². The Hall–Kier alpha value is -0.920. The van der Waals surface area contributed by atoms with Crippen molar-refractivity contribution in [3.63, 3.8) is 0 Å². The average molecular weight is 320 g/mol. The van der Waals surface area contributed by atoms with E-state index in [0.717, 1.165) is 25.9 Å². The number of carbonyl (C=O) groups is 1. The van der Waals surface area contributed by atoms with E-state index >= 15 is 0 Å². The first kappa shape index (κ1) is 15.1. The fraction of sp³-hybridized carbons (Fsp3) is 0.636. The van der Waals surface area contributed by atoms with E-state index < -0.39 is 12.0 Å². The van der Waals surface area contributed by atoms with Crippen LogP contribution in [0, 0.1) is 5.92 Å². The summed E-state index contributed by atoms with van der Waals surface area (Å²) in [7, 11) is 0. The molecular formula is C11H18BrN3O3. The molecule has 1 amide bonds. The number of aliphatic hydroxyl groups excluding tert-OH is 1. The Kier molecular flexibility index (Phi) is 6.31. The Morgan fingerprint density at radius 3 is 2.94 bits per heavy atom. The number of halogens is 1. The number of carbonyl (C=O) groups excluding carboxylic acids is 1. The van der Waals surface area contributed by atoms with E-state index in [4.69, 9.17) is 0 Å². The largest absolute Gasteiger partial charge is 0.383 e. The van der Waals surface area contributed by atoms with Gasteiger partial charge < -0.3 is 20.3 Å². The zero-order chi connectivity index (χ0) is 12.1. The maximum absolute atomic E-state index is 11.6. The highest BCUT2D eigenvalue weighted by Gasteiger charge is 2.22. The standard InChI is InChI=1S/C11H17N3O3.BrH/c15-9(7-8-1-4-12-5-2-8)11(16)13-10-3-6-17-14-10;/h3,6,8-9,12,15H,1-2,4-5,7H2,(H,13,14,16);1H. The molecule has 0 spiro atoms. The van der Waals surface area contributed by atoms with Crippen LogP contribution in [0.15, 0.2) is 16.9 Å². The first-order valence-electron chi connectivity index (χ1n) is 5.85. The number of amides is 1. The first-order valence-corrected chi connectivity index (χ1v) is 5.85. The fourth-order valence-electron chi connectivity index (χ4n) is 2.03. The number of hydrogen-bond acceptors (Lipinski definition) is 5. The van der Waals surface area contributed by atoms with E-state index in [1.54, 1.807) is 0 Å². The van der Waals surface area contributed by atoms with Crippen molar-refractivity contribution in [3.8, 4) is 0 Å². The van der Waals surface area contributed by atoms with Gasteiger partial charge in [-0.1, -0.05) is 5.16 Å². The second-order valence-electron chi connectivity index (χ2n) is 4.32. The van der Waals surface area contributed by atoms with Crippen molar-refractivity contribution in [1.29, 1.82) is 0 Å². The summed E-state index contributed by atoms with van der Waals surface area (Å²) in [5.74, 6) is 0.325. The van der Waals surface area contributed by atoms with E-state index in [1.807, 2.05) is 0 Å². The van der Waals surface area contributed by atoms with Gasteiger partial charge in [-0.05, 0) is 38.3 Å². The molecule has 1 saturated heterocycles. The molecule has 1 unspecified atom stereocenters. The van der Waals surface area contributed by atoms with Crippen LogP contribution >= 0.6 is 17.0 Å². The van der Waals surface area contributed by atoms with Crippen LogP contribution in [0.3, 0.4) is 0 Å². The van der Waals surface area contributed by atoms with E-state index in [9.17, 15) is 9.90 Å². The molecule has 0 aromatic carbocycles. The van der Waals surface area contributed by atoms with Crippen LogP contribution in [-0.2, 0) is 4.79 Å². The zero-order valence-electron chi connectivity index (χ0n) is 9.96. The van der Waals surface area contributed by atoms with Gasteiger partial charge in [0, 0.05) is 6.07 Å². The summed E-state index contributed by atoms with van der Waals surface area (Å²) >= 11 is 0. The van der Waals surface area contributed by atoms with Crippen molar-refractivity contribution in [2.75, 3.05) is 18.4 Å². The van der Waals surface area contributed by atoms with E-state index in [-0.39, 0.29) is 17.0 Å². The maximum Gasteiger partial charge on any atom is 0.254 e. The summed E-state index contributed by atoms with van der Waals surface area (Å²) < 4.78 is 4.59. The van der Waals surface area contributed by atoms with Crippen LogP contribution in [0.5, 0.6) is 0 Å². The lowest BCUT2D eigenvalue weighted by Crippen LogP contribution is -2.34. The third-order valence-corrected chi connectivity index (χ3v) is 3.01. The minimum atomic E-state index is -0.977. The summed E-state index contributed by atoms with van der Waals surface area (Å²) in [5, 5.41) is 19.1. The van der Waals surface area contributed by atoms with Gasteiger partial charge in [0.1, 0.15) is 12.4 Å². The molecule has 1 atom stereocenters. The van der Waals surface area contributed by atoms with Crippen molar-refractivity contribution >= 4 is 28.7 Å². The first-order chi connectivity index (χ1) is 8.25. The Morgan fingerprint density at radius 1 is 1.61 bits per heavy atom. The lowest BCUT2D eigenvalue weighted by Gasteiger charge is -2.24. The molecule has 0 radical (unpaired) electrons. The van der Waals surface area contributed by atoms with E-state index in [1.165, 1.54) is 12.3 Å². The van der Waals surface area contributed by atoms with Gasteiger partial charge in [0.05, 0.1) is 0 Å². The number of nitrogens with one attached hydrogen (secondary N) is 2.